The van der Waals surface area contributed by atoms with E-state index in [1.807, 2.05) is 0 Å². The number of hydrogen-bond acceptors (Lipinski definition) is 4. The lowest BCUT2D eigenvalue weighted by molar-refractivity contribution is -0.0184. The van der Waals surface area contributed by atoms with Crippen LogP contribution in [0, 0.1) is 0 Å². The van der Waals surface area contributed by atoms with Gasteiger partial charge in [-0.3, -0.25) is 0 Å². The van der Waals surface area contributed by atoms with Crippen molar-refractivity contribution in [2.45, 2.75) is 45.0 Å². The molecule has 0 aliphatic carbocycles. The minimum atomic E-state index is 0.290. The summed E-state index contributed by atoms with van der Waals surface area (Å²) in [5, 5.41) is 5.50. The van der Waals surface area contributed by atoms with Crippen molar-refractivity contribution < 1.29 is 9.47 Å². The molecule has 1 saturated heterocycles. The van der Waals surface area contributed by atoms with Crippen LogP contribution in [0.4, 0.5) is 0 Å². The minimum Gasteiger partial charge on any atom is -0.373 e. The number of thiophene rings is 1. The van der Waals surface area contributed by atoms with Crippen molar-refractivity contribution in [2.24, 2.45) is 0 Å². The fraction of sp³-hybridized carbons (Fsp3) is 0.714. The van der Waals surface area contributed by atoms with Gasteiger partial charge < -0.3 is 14.8 Å². The van der Waals surface area contributed by atoms with E-state index in [2.05, 4.69) is 29.8 Å². The zero-order valence-corrected chi connectivity index (χ0v) is 11.9. The Morgan fingerprint density at radius 3 is 3.11 bits per heavy atom. The average Bonchev–Trinajstić information content (AvgIpc) is 3.01. The molecule has 0 radical (unpaired) electrons. The fourth-order valence-corrected chi connectivity index (χ4v) is 2.82. The van der Waals surface area contributed by atoms with Gasteiger partial charge in [0.25, 0.3) is 0 Å². The van der Waals surface area contributed by atoms with Crippen LogP contribution in [0.2, 0.25) is 0 Å². The zero-order valence-electron chi connectivity index (χ0n) is 11.1. The highest BCUT2D eigenvalue weighted by Gasteiger charge is 2.24. The third kappa shape index (κ3) is 4.69. The molecule has 1 aromatic rings. The maximum Gasteiger partial charge on any atom is 0.0814 e. The van der Waals surface area contributed by atoms with Crippen molar-refractivity contribution in [1.29, 1.82) is 0 Å². The first-order valence-electron chi connectivity index (χ1n) is 6.84. The van der Waals surface area contributed by atoms with Crippen LogP contribution >= 0.6 is 11.3 Å². The molecule has 3 nitrogen and oxygen atoms in total. The van der Waals surface area contributed by atoms with Crippen LogP contribution in [-0.2, 0) is 16.1 Å². The molecule has 0 saturated carbocycles. The van der Waals surface area contributed by atoms with E-state index in [1.54, 1.807) is 11.3 Å². The van der Waals surface area contributed by atoms with Crippen LogP contribution in [0.5, 0.6) is 0 Å². The summed E-state index contributed by atoms with van der Waals surface area (Å²) in [4.78, 5) is 1.29. The van der Waals surface area contributed by atoms with Crippen molar-refractivity contribution in [1.82, 2.24) is 5.32 Å². The quantitative estimate of drug-likeness (QED) is 0.736. The van der Waals surface area contributed by atoms with E-state index < -0.39 is 0 Å². The van der Waals surface area contributed by atoms with Gasteiger partial charge in [-0.1, -0.05) is 13.0 Å². The summed E-state index contributed by atoms with van der Waals surface area (Å²) < 4.78 is 11.6. The normalized spacial score (nSPS) is 23.6. The molecule has 2 heterocycles. The molecule has 0 spiro atoms. The number of ether oxygens (including phenoxy) is 2. The molecular weight excluding hydrogens is 246 g/mol. The summed E-state index contributed by atoms with van der Waals surface area (Å²) in [5.74, 6) is 0. The van der Waals surface area contributed by atoms with Crippen molar-refractivity contribution >= 4 is 11.3 Å². The van der Waals surface area contributed by atoms with Crippen molar-refractivity contribution in [3.63, 3.8) is 0 Å². The minimum absolute atomic E-state index is 0.290. The molecular formula is C14H23NO2S. The third-order valence-electron chi connectivity index (χ3n) is 3.12. The van der Waals surface area contributed by atoms with Crippen molar-refractivity contribution in [3.05, 3.63) is 22.4 Å². The molecule has 1 aromatic heterocycles. The smallest absolute Gasteiger partial charge is 0.0814 e. The summed E-state index contributed by atoms with van der Waals surface area (Å²) in [6.07, 6.45) is 4.14. The number of nitrogens with one attached hydrogen (secondary N) is 1. The van der Waals surface area contributed by atoms with Crippen LogP contribution in [0.25, 0.3) is 0 Å². The standard InChI is InChI=1S/C14H23NO2S/c1-2-7-15-9-12-5-6-13(17-12)10-16-11-14-4-3-8-18-14/h3-4,8,12-13,15H,2,5-7,9-11H2,1H3. The SMILES string of the molecule is CCCNCC1CCC(COCc2cccs2)O1. The molecule has 0 amide bonds. The highest BCUT2D eigenvalue weighted by Crippen LogP contribution is 2.20. The lowest BCUT2D eigenvalue weighted by Crippen LogP contribution is -2.28. The maximum atomic E-state index is 5.94. The number of hydrogen-bond donors (Lipinski definition) is 1. The molecule has 1 N–H and O–H groups in total. The summed E-state index contributed by atoms with van der Waals surface area (Å²) in [6, 6.07) is 4.17. The second-order valence-corrected chi connectivity index (χ2v) is 5.79. The Labute approximate surface area is 113 Å². The first kappa shape index (κ1) is 14.0. The van der Waals surface area contributed by atoms with E-state index in [0.29, 0.717) is 12.2 Å². The van der Waals surface area contributed by atoms with Gasteiger partial charge in [0.15, 0.2) is 0 Å². The van der Waals surface area contributed by atoms with Crippen molar-refractivity contribution in [2.75, 3.05) is 19.7 Å². The molecule has 2 atom stereocenters. The van der Waals surface area contributed by atoms with Crippen molar-refractivity contribution in [3.8, 4) is 0 Å². The molecule has 2 rings (SSSR count). The Morgan fingerprint density at radius 1 is 1.44 bits per heavy atom. The molecule has 1 aliphatic heterocycles. The van der Waals surface area contributed by atoms with E-state index in [9.17, 15) is 0 Å². The largest absolute Gasteiger partial charge is 0.373 e. The molecule has 0 aromatic carbocycles. The Bertz CT molecular complexity index is 316. The Balaban J connectivity index is 1.55. The van der Waals surface area contributed by atoms with Gasteiger partial charge in [0.1, 0.15) is 0 Å². The molecule has 102 valence electrons. The van der Waals surface area contributed by atoms with Crippen LogP contribution in [0.15, 0.2) is 17.5 Å². The maximum absolute atomic E-state index is 5.94. The predicted molar refractivity (Wildman–Crippen MR) is 75.0 cm³/mol. The van der Waals surface area contributed by atoms with E-state index in [4.69, 9.17) is 9.47 Å². The van der Waals surface area contributed by atoms with Gasteiger partial charge >= 0.3 is 0 Å². The summed E-state index contributed by atoms with van der Waals surface area (Å²) >= 11 is 1.74. The highest BCUT2D eigenvalue weighted by atomic mass is 32.1. The van der Waals surface area contributed by atoms with Crippen LogP contribution in [-0.4, -0.2) is 31.9 Å². The number of rotatable bonds is 8. The topological polar surface area (TPSA) is 30.5 Å². The van der Waals surface area contributed by atoms with Gasteiger partial charge in [-0.2, -0.15) is 0 Å². The highest BCUT2D eigenvalue weighted by molar-refractivity contribution is 7.09. The molecule has 0 bridgehead atoms. The average molecular weight is 269 g/mol. The van der Waals surface area contributed by atoms with Gasteiger partial charge in [-0.05, 0) is 37.3 Å². The van der Waals surface area contributed by atoms with E-state index >= 15 is 0 Å². The van der Waals surface area contributed by atoms with Crippen LogP contribution < -0.4 is 5.32 Å². The predicted octanol–water partition coefficient (Wildman–Crippen LogP) is 2.81. The van der Waals surface area contributed by atoms with E-state index in [1.165, 1.54) is 11.3 Å². The Morgan fingerprint density at radius 2 is 2.33 bits per heavy atom. The lowest BCUT2D eigenvalue weighted by Gasteiger charge is -2.14. The zero-order chi connectivity index (χ0) is 12.6. The first-order chi connectivity index (χ1) is 8.88. The van der Waals surface area contributed by atoms with E-state index in [0.717, 1.165) is 39.1 Å². The molecule has 1 fully saturated rings. The monoisotopic (exact) mass is 269 g/mol. The Hall–Kier alpha value is -0.420. The summed E-state index contributed by atoms with van der Waals surface area (Å²) in [6.45, 7) is 5.69. The van der Waals surface area contributed by atoms with Gasteiger partial charge in [-0.15, -0.1) is 11.3 Å². The van der Waals surface area contributed by atoms with Crippen LogP contribution in [0.3, 0.4) is 0 Å². The second-order valence-electron chi connectivity index (χ2n) is 4.76. The summed E-state index contributed by atoms with van der Waals surface area (Å²) in [5.41, 5.74) is 0. The molecule has 4 heteroatoms. The molecule has 1 aliphatic rings. The Kier molecular flexibility index (Phi) is 6.14. The third-order valence-corrected chi connectivity index (χ3v) is 3.97. The van der Waals surface area contributed by atoms with Gasteiger partial charge in [-0.25, -0.2) is 0 Å². The lowest BCUT2D eigenvalue weighted by atomic mass is 10.2. The van der Waals surface area contributed by atoms with Gasteiger partial charge in [0, 0.05) is 11.4 Å². The molecule has 18 heavy (non-hydrogen) atoms. The van der Waals surface area contributed by atoms with Gasteiger partial charge in [0.05, 0.1) is 25.4 Å². The van der Waals surface area contributed by atoms with E-state index in [-0.39, 0.29) is 0 Å². The van der Waals surface area contributed by atoms with Crippen LogP contribution in [0.1, 0.15) is 31.1 Å². The molecule has 2 unspecified atom stereocenters. The summed E-state index contributed by atoms with van der Waals surface area (Å²) in [7, 11) is 0. The first-order valence-corrected chi connectivity index (χ1v) is 7.72. The fourth-order valence-electron chi connectivity index (χ4n) is 2.18. The second kappa shape index (κ2) is 7.89. The van der Waals surface area contributed by atoms with Gasteiger partial charge in [0.2, 0.25) is 0 Å².